The molecule has 0 atom stereocenters. The van der Waals surface area contributed by atoms with Gasteiger partial charge in [-0.3, -0.25) is 4.79 Å². The van der Waals surface area contributed by atoms with Crippen LogP contribution in [0.2, 0.25) is 0 Å². The summed E-state index contributed by atoms with van der Waals surface area (Å²) in [7, 11) is 0. The molecule has 3 rings (SSSR count). The molecule has 3 aromatic heterocycles. The van der Waals surface area contributed by atoms with E-state index in [2.05, 4.69) is 29.2 Å². The fraction of sp³-hybridized carbons (Fsp3) is 0.235. The summed E-state index contributed by atoms with van der Waals surface area (Å²) in [6.07, 6.45) is 5.02. The second-order valence-electron chi connectivity index (χ2n) is 5.66. The van der Waals surface area contributed by atoms with Crippen molar-refractivity contribution < 1.29 is 9.53 Å². The summed E-state index contributed by atoms with van der Waals surface area (Å²) in [5, 5.41) is 6.97. The molecule has 118 valence electrons. The Labute approximate surface area is 134 Å². The molecule has 3 heterocycles. The maximum absolute atomic E-state index is 12.3. The quantitative estimate of drug-likeness (QED) is 0.786. The van der Waals surface area contributed by atoms with Crippen molar-refractivity contribution in [3.05, 3.63) is 54.5 Å². The fourth-order valence-electron chi connectivity index (χ4n) is 2.05. The Morgan fingerprint density at radius 2 is 2.17 bits per heavy atom. The maximum atomic E-state index is 12.3. The van der Waals surface area contributed by atoms with Gasteiger partial charge in [-0.25, -0.2) is 9.50 Å². The number of rotatable bonds is 5. The van der Waals surface area contributed by atoms with Crippen LogP contribution < -0.4 is 10.1 Å². The van der Waals surface area contributed by atoms with Crippen LogP contribution in [0.5, 0.6) is 5.88 Å². The molecule has 1 amide bonds. The average molecular weight is 310 g/mol. The van der Waals surface area contributed by atoms with Crippen LogP contribution in [0.3, 0.4) is 0 Å². The first-order valence-corrected chi connectivity index (χ1v) is 7.45. The van der Waals surface area contributed by atoms with Crippen LogP contribution in [0.1, 0.15) is 24.2 Å². The normalized spacial score (nSPS) is 10.9. The van der Waals surface area contributed by atoms with E-state index in [0.717, 1.165) is 5.52 Å². The zero-order chi connectivity index (χ0) is 16.2. The number of ether oxygens (including phenoxy) is 1. The smallest absolute Gasteiger partial charge is 0.257 e. The minimum atomic E-state index is -0.211. The van der Waals surface area contributed by atoms with E-state index in [4.69, 9.17) is 4.74 Å². The van der Waals surface area contributed by atoms with Crippen LogP contribution >= 0.6 is 0 Å². The predicted octanol–water partition coefficient (Wildman–Crippen LogP) is 3.02. The van der Waals surface area contributed by atoms with Crippen molar-refractivity contribution in [2.24, 2.45) is 5.92 Å². The first kappa shape index (κ1) is 15.0. The molecule has 0 aliphatic heterocycles. The van der Waals surface area contributed by atoms with Crippen molar-refractivity contribution in [2.45, 2.75) is 13.8 Å². The molecule has 23 heavy (non-hydrogen) atoms. The third kappa shape index (κ3) is 3.66. The van der Waals surface area contributed by atoms with Crippen LogP contribution in [-0.2, 0) is 0 Å². The van der Waals surface area contributed by atoms with E-state index in [1.807, 2.05) is 12.1 Å². The van der Waals surface area contributed by atoms with Crippen molar-refractivity contribution in [3.8, 4) is 5.88 Å². The lowest BCUT2D eigenvalue weighted by molar-refractivity contribution is 0.102. The SMILES string of the molecule is CC(C)COc1ccc(C(=O)Nc2ccn3nccc3c2)cn1. The van der Waals surface area contributed by atoms with Gasteiger partial charge in [0.25, 0.3) is 5.91 Å². The second-order valence-corrected chi connectivity index (χ2v) is 5.66. The van der Waals surface area contributed by atoms with Gasteiger partial charge in [0.1, 0.15) is 0 Å². The van der Waals surface area contributed by atoms with Gasteiger partial charge in [0.2, 0.25) is 5.88 Å². The van der Waals surface area contributed by atoms with Gasteiger partial charge in [0.15, 0.2) is 0 Å². The summed E-state index contributed by atoms with van der Waals surface area (Å²) < 4.78 is 7.24. The summed E-state index contributed by atoms with van der Waals surface area (Å²) in [6, 6.07) is 8.94. The highest BCUT2D eigenvalue weighted by Gasteiger charge is 2.08. The van der Waals surface area contributed by atoms with Crippen LogP contribution in [0.4, 0.5) is 5.69 Å². The highest BCUT2D eigenvalue weighted by Crippen LogP contribution is 2.14. The van der Waals surface area contributed by atoms with Gasteiger partial charge in [-0.1, -0.05) is 13.8 Å². The fourth-order valence-corrected chi connectivity index (χ4v) is 2.05. The molecule has 0 saturated heterocycles. The zero-order valence-electron chi connectivity index (χ0n) is 13.1. The summed E-state index contributed by atoms with van der Waals surface area (Å²) in [5.41, 5.74) is 2.11. The number of amides is 1. The lowest BCUT2D eigenvalue weighted by Crippen LogP contribution is -2.13. The highest BCUT2D eigenvalue weighted by molar-refractivity contribution is 6.04. The second kappa shape index (κ2) is 6.48. The van der Waals surface area contributed by atoms with Gasteiger partial charge in [0.05, 0.1) is 17.7 Å². The Morgan fingerprint density at radius 1 is 1.30 bits per heavy atom. The lowest BCUT2D eigenvalue weighted by atomic mass is 10.2. The third-order valence-electron chi connectivity index (χ3n) is 3.22. The standard InChI is InChI=1S/C17H18N4O2/c1-12(2)11-23-16-4-3-13(10-18-16)17(22)20-14-6-8-21-15(9-14)5-7-19-21/h3-10,12H,11H2,1-2H3,(H,20,22). The monoisotopic (exact) mass is 310 g/mol. The Morgan fingerprint density at radius 3 is 2.91 bits per heavy atom. The van der Waals surface area contributed by atoms with Crippen molar-refractivity contribution in [1.29, 1.82) is 0 Å². The number of nitrogens with zero attached hydrogens (tertiary/aromatic N) is 3. The zero-order valence-corrected chi connectivity index (χ0v) is 13.1. The molecule has 6 heteroatoms. The van der Waals surface area contributed by atoms with Crippen LogP contribution in [0, 0.1) is 5.92 Å². The largest absolute Gasteiger partial charge is 0.477 e. The number of pyridine rings is 2. The van der Waals surface area contributed by atoms with Gasteiger partial charge < -0.3 is 10.1 Å². The Kier molecular flexibility index (Phi) is 4.23. The molecule has 0 aliphatic carbocycles. The van der Waals surface area contributed by atoms with E-state index in [1.165, 1.54) is 6.20 Å². The van der Waals surface area contributed by atoms with E-state index in [-0.39, 0.29) is 5.91 Å². The number of hydrogen-bond donors (Lipinski definition) is 1. The topological polar surface area (TPSA) is 68.5 Å². The molecular weight excluding hydrogens is 292 g/mol. The van der Waals surface area contributed by atoms with E-state index < -0.39 is 0 Å². The Bertz CT molecular complexity index is 809. The molecular formula is C17H18N4O2. The lowest BCUT2D eigenvalue weighted by Gasteiger charge is -2.08. The maximum Gasteiger partial charge on any atom is 0.257 e. The van der Waals surface area contributed by atoms with Crippen molar-refractivity contribution in [3.63, 3.8) is 0 Å². The van der Waals surface area contributed by atoms with E-state index in [1.54, 1.807) is 35.1 Å². The first-order valence-electron chi connectivity index (χ1n) is 7.45. The van der Waals surface area contributed by atoms with Crippen molar-refractivity contribution in [2.75, 3.05) is 11.9 Å². The summed E-state index contributed by atoms with van der Waals surface area (Å²) >= 11 is 0. The number of hydrogen-bond acceptors (Lipinski definition) is 4. The molecule has 6 nitrogen and oxygen atoms in total. The minimum absolute atomic E-state index is 0.211. The highest BCUT2D eigenvalue weighted by atomic mass is 16.5. The predicted molar refractivity (Wildman–Crippen MR) is 87.7 cm³/mol. The molecule has 0 fully saturated rings. The van der Waals surface area contributed by atoms with Crippen molar-refractivity contribution >= 4 is 17.1 Å². The van der Waals surface area contributed by atoms with Gasteiger partial charge in [0, 0.05) is 30.3 Å². The van der Waals surface area contributed by atoms with Crippen molar-refractivity contribution in [1.82, 2.24) is 14.6 Å². The van der Waals surface area contributed by atoms with Crippen LogP contribution in [-0.4, -0.2) is 27.1 Å². The molecule has 0 aliphatic rings. The molecule has 0 radical (unpaired) electrons. The molecule has 0 bridgehead atoms. The van der Waals surface area contributed by atoms with Gasteiger partial charge in [-0.2, -0.15) is 5.10 Å². The van der Waals surface area contributed by atoms with E-state index in [0.29, 0.717) is 29.7 Å². The van der Waals surface area contributed by atoms with Gasteiger partial charge >= 0.3 is 0 Å². The van der Waals surface area contributed by atoms with Gasteiger partial charge in [-0.15, -0.1) is 0 Å². The molecule has 0 unspecified atom stereocenters. The Balaban J connectivity index is 1.67. The third-order valence-corrected chi connectivity index (χ3v) is 3.22. The molecule has 0 aromatic carbocycles. The number of aromatic nitrogens is 3. The summed E-state index contributed by atoms with van der Waals surface area (Å²) in [6.45, 7) is 4.74. The first-order chi connectivity index (χ1) is 11.1. The van der Waals surface area contributed by atoms with Crippen LogP contribution in [0.15, 0.2) is 48.9 Å². The number of carbonyl (C=O) groups is 1. The molecule has 3 aromatic rings. The van der Waals surface area contributed by atoms with Crippen LogP contribution in [0.25, 0.3) is 5.52 Å². The molecule has 1 N–H and O–H groups in total. The van der Waals surface area contributed by atoms with E-state index in [9.17, 15) is 4.79 Å². The number of carbonyl (C=O) groups excluding carboxylic acids is 1. The number of anilines is 1. The summed E-state index contributed by atoms with van der Waals surface area (Å²) in [4.78, 5) is 16.4. The van der Waals surface area contributed by atoms with Gasteiger partial charge in [-0.05, 0) is 30.2 Å². The minimum Gasteiger partial charge on any atom is -0.477 e. The summed E-state index contributed by atoms with van der Waals surface area (Å²) in [5.74, 6) is 0.742. The average Bonchev–Trinajstić information content (AvgIpc) is 3.01. The number of fused-ring (bicyclic) bond motifs is 1. The Hall–Kier alpha value is -2.89. The molecule has 0 spiro atoms. The number of nitrogens with one attached hydrogen (secondary N) is 1. The molecule has 0 saturated carbocycles. The van der Waals surface area contributed by atoms with E-state index >= 15 is 0 Å².